The van der Waals surface area contributed by atoms with Crippen molar-refractivity contribution in [2.24, 2.45) is 0 Å². The van der Waals surface area contributed by atoms with Gasteiger partial charge < -0.3 is 15.4 Å². The summed E-state index contributed by atoms with van der Waals surface area (Å²) >= 11 is 3.39. The molecule has 0 aliphatic carbocycles. The van der Waals surface area contributed by atoms with E-state index in [1.54, 1.807) is 0 Å². The van der Waals surface area contributed by atoms with Gasteiger partial charge in [0.1, 0.15) is 5.75 Å². The number of carbonyl (C=O) groups is 1. The molecule has 2 rings (SSSR count). The minimum Gasteiger partial charge on any atom is -0.494 e. The largest absolute Gasteiger partial charge is 0.494 e. The zero-order valence-electron chi connectivity index (χ0n) is 11.7. The molecular formula is C16H17BrN2O2. The molecule has 0 saturated carbocycles. The summed E-state index contributed by atoms with van der Waals surface area (Å²) in [5.74, 6) is 0.696. The van der Waals surface area contributed by atoms with Gasteiger partial charge in [0.15, 0.2) is 0 Å². The Balaban J connectivity index is 1.84. The number of halogens is 1. The van der Waals surface area contributed by atoms with Gasteiger partial charge in [0, 0.05) is 15.8 Å². The van der Waals surface area contributed by atoms with Crippen LogP contribution >= 0.6 is 15.9 Å². The lowest BCUT2D eigenvalue weighted by Gasteiger charge is -2.09. The highest BCUT2D eigenvalue weighted by atomic mass is 79.9. The molecule has 0 heterocycles. The van der Waals surface area contributed by atoms with E-state index < -0.39 is 0 Å². The van der Waals surface area contributed by atoms with Crippen LogP contribution < -0.4 is 15.4 Å². The second kappa shape index (κ2) is 7.69. The molecule has 2 aromatic carbocycles. The molecular weight excluding hydrogens is 332 g/mol. The maximum absolute atomic E-state index is 11.9. The molecule has 0 spiro atoms. The van der Waals surface area contributed by atoms with E-state index in [2.05, 4.69) is 26.6 Å². The smallest absolute Gasteiger partial charge is 0.243 e. The first kappa shape index (κ1) is 15.4. The second-order valence-corrected chi connectivity index (χ2v) is 5.29. The fraction of sp³-hybridized carbons (Fsp3) is 0.188. The molecule has 0 unspecified atom stereocenters. The normalized spacial score (nSPS) is 10.0. The molecule has 5 heteroatoms. The lowest BCUT2D eigenvalue weighted by molar-refractivity contribution is -0.114. The molecule has 1 amide bonds. The number of carbonyl (C=O) groups excluding carboxylic acids is 1. The third-order valence-corrected chi connectivity index (χ3v) is 3.22. The first-order valence-electron chi connectivity index (χ1n) is 6.69. The summed E-state index contributed by atoms with van der Waals surface area (Å²) in [6, 6.07) is 15.0. The molecule has 0 aliphatic rings. The average Bonchev–Trinajstić information content (AvgIpc) is 2.48. The van der Waals surface area contributed by atoms with Crippen molar-refractivity contribution in [1.82, 2.24) is 0 Å². The molecule has 2 aromatic rings. The SMILES string of the molecule is CCOc1ccc(NC(=O)CNc2cccc(Br)c2)cc1. The van der Waals surface area contributed by atoms with Gasteiger partial charge in [-0.25, -0.2) is 0 Å². The van der Waals surface area contributed by atoms with E-state index in [1.165, 1.54) is 0 Å². The van der Waals surface area contributed by atoms with E-state index in [9.17, 15) is 4.79 Å². The molecule has 21 heavy (non-hydrogen) atoms. The third kappa shape index (κ3) is 5.11. The Hall–Kier alpha value is -2.01. The summed E-state index contributed by atoms with van der Waals surface area (Å²) in [5, 5.41) is 5.90. The number of benzene rings is 2. The van der Waals surface area contributed by atoms with Crippen molar-refractivity contribution in [2.75, 3.05) is 23.8 Å². The number of nitrogens with one attached hydrogen (secondary N) is 2. The number of hydrogen-bond acceptors (Lipinski definition) is 3. The Bertz CT molecular complexity index is 599. The maximum Gasteiger partial charge on any atom is 0.243 e. The monoisotopic (exact) mass is 348 g/mol. The van der Waals surface area contributed by atoms with Crippen LogP contribution in [0.25, 0.3) is 0 Å². The highest BCUT2D eigenvalue weighted by molar-refractivity contribution is 9.10. The molecule has 4 nitrogen and oxygen atoms in total. The van der Waals surface area contributed by atoms with Gasteiger partial charge in [-0.1, -0.05) is 22.0 Å². The van der Waals surface area contributed by atoms with Crippen LogP contribution in [-0.2, 0) is 4.79 Å². The zero-order valence-corrected chi connectivity index (χ0v) is 13.3. The predicted octanol–water partition coefficient (Wildman–Crippen LogP) is 3.90. The van der Waals surface area contributed by atoms with Gasteiger partial charge >= 0.3 is 0 Å². The highest BCUT2D eigenvalue weighted by Gasteiger charge is 2.03. The molecule has 0 aliphatic heterocycles. The van der Waals surface area contributed by atoms with Crippen molar-refractivity contribution < 1.29 is 9.53 Å². The topological polar surface area (TPSA) is 50.4 Å². The molecule has 0 saturated heterocycles. The molecule has 0 fully saturated rings. The van der Waals surface area contributed by atoms with Gasteiger partial charge in [-0.15, -0.1) is 0 Å². The number of anilines is 2. The first-order chi connectivity index (χ1) is 10.2. The summed E-state index contributed by atoms with van der Waals surface area (Å²) < 4.78 is 6.32. The fourth-order valence-electron chi connectivity index (χ4n) is 1.79. The maximum atomic E-state index is 11.9. The molecule has 110 valence electrons. The lowest BCUT2D eigenvalue weighted by atomic mass is 10.3. The van der Waals surface area contributed by atoms with Gasteiger partial charge in [0.2, 0.25) is 5.91 Å². The zero-order chi connectivity index (χ0) is 15.1. The fourth-order valence-corrected chi connectivity index (χ4v) is 2.19. The van der Waals surface area contributed by atoms with Crippen LogP contribution in [0.1, 0.15) is 6.92 Å². The van der Waals surface area contributed by atoms with Crippen LogP contribution in [0.2, 0.25) is 0 Å². The van der Waals surface area contributed by atoms with Crippen LogP contribution in [0.5, 0.6) is 5.75 Å². The predicted molar refractivity (Wildman–Crippen MR) is 88.9 cm³/mol. The van der Waals surface area contributed by atoms with Crippen LogP contribution in [-0.4, -0.2) is 19.1 Å². The van der Waals surface area contributed by atoms with Crippen molar-refractivity contribution in [3.05, 3.63) is 53.0 Å². The minimum absolute atomic E-state index is 0.0980. The van der Waals surface area contributed by atoms with Crippen molar-refractivity contribution in [2.45, 2.75) is 6.92 Å². The number of amides is 1. The van der Waals surface area contributed by atoms with Gasteiger partial charge in [0.25, 0.3) is 0 Å². The summed E-state index contributed by atoms with van der Waals surface area (Å²) in [6.07, 6.45) is 0. The Kier molecular flexibility index (Phi) is 5.63. The van der Waals surface area contributed by atoms with Crippen LogP contribution in [0.15, 0.2) is 53.0 Å². The number of ether oxygens (including phenoxy) is 1. The van der Waals surface area contributed by atoms with E-state index >= 15 is 0 Å². The van der Waals surface area contributed by atoms with Gasteiger partial charge in [-0.3, -0.25) is 4.79 Å². The molecule has 2 N–H and O–H groups in total. The molecule has 0 aromatic heterocycles. The first-order valence-corrected chi connectivity index (χ1v) is 7.49. The van der Waals surface area contributed by atoms with Crippen LogP contribution in [0, 0.1) is 0 Å². The Morgan fingerprint density at radius 2 is 1.90 bits per heavy atom. The van der Waals surface area contributed by atoms with Crippen molar-refractivity contribution in [3.63, 3.8) is 0 Å². The highest BCUT2D eigenvalue weighted by Crippen LogP contribution is 2.16. The van der Waals surface area contributed by atoms with Gasteiger partial charge in [0.05, 0.1) is 13.2 Å². The number of hydrogen-bond donors (Lipinski definition) is 2. The van der Waals surface area contributed by atoms with E-state index in [1.807, 2.05) is 55.5 Å². The summed E-state index contributed by atoms with van der Waals surface area (Å²) in [7, 11) is 0. The Morgan fingerprint density at radius 1 is 1.14 bits per heavy atom. The van der Waals surface area contributed by atoms with Gasteiger partial charge in [-0.05, 0) is 49.4 Å². The quantitative estimate of drug-likeness (QED) is 0.832. The summed E-state index contributed by atoms with van der Waals surface area (Å²) in [4.78, 5) is 11.9. The molecule has 0 atom stereocenters. The van der Waals surface area contributed by atoms with Gasteiger partial charge in [-0.2, -0.15) is 0 Å². The van der Waals surface area contributed by atoms with Crippen molar-refractivity contribution in [1.29, 1.82) is 0 Å². The Labute approximate surface area is 132 Å². The second-order valence-electron chi connectivity index (χ2n) is 4.37. The van der Waals surface area contributed by atoms with Crippen LogP contribution in [0.3, 0.4) is 0 Å². The van der Waals surface area contributed by atoms with Crippen molar-refractivity contribution >= 4 is 33.2 Å². The van der Waals surface area contributed by atoms with E-state index in [-0.39, 0.29) is 12.5 Å². The average molecular weight is 349 g/mol. The van der Waals surface area contributed by atoms with Crippen LogP contribution in [0.4, 0.5) is 11.4 Å². The lowest BCUT2D eigenvalue weighted by Crippen LogP contribution is -2.21. The summed E-state index contributed by atoms with van der Waals surface area (Å²) in [6.45, 7) is 2.77. The molecule has 0 bridgehead atoms. The van der Waals surface area contributed by atoms with E-state index in [4.69, 9.17) is 4.74 Å². The van der Waals surface area contributed by atoms with E-state index in [0.29, 0.717) is 6.61 Å². The standard InChI is InChI=1S/C16H17BrN2O2/c1-2-21-15-8-6-13(7-9-15)19-16(20)11-18-14-5-3-4-12(17)10-14/h3-10,18H,2,11H2,1H3,(H,19,20). The summed E-state index contributed by atoms with van der Waals surface area (Å²) in [5.41, 5.74) is 1.64. The third-order valence-electron chi connectivity index (χ3n) is 2.73. The number of rotatable bonds is 6. The minimum atomic E-state index is -0.0980. The van der Waals surface area contributed by atoms with E-state index in [0.717, 1.165) is 21.6 Å². The Morgan fingerprint density at radius 3 is 2.57 bits per heavy atom. The molecule has 0 radical (unpaired) electrons. The van der Waals surface area contributed by atoms with Crippen molar-refractivity contribution in [3.8, 4) is 5.75 Å².